The number of benzene rings is 2. The van der Waals surface area contributed by atoms with E-state index in [0.717, 1.165) is 5.69 Å². The first-order valence-electron chi connectivity index (χ1n) is 5.65. The van der Waals surface area contributed by atoms with Crippen LogP contribution in [-0.4, -0.2) is 20.2 Å². The Labute approximate surface area is 108 Å². The van der Waals surface area contributed by atoms with E-state index in [0.29, 0.717) is 11.5 Å². The lowest BCUT2D eigenvalue weighted by atomic mass is 10.1. The molecule has 0 unspecified atom stereocenters. The highest BCUT2D eigenvalue weighted by molar-refractivity contribution is 5.63. The lowest BCUT2D eigenvalue weighted by Crippen LogP contribution is -2.01. The average Bonchev–Trinajstić information content (AvgIpc) is 2.91. The van der Waals surface area contributed by atoms with Crippen LogP contribution in [0.2, 0.25) is 0 Å². The summed E-state index contributed by atoms with van der Waals surface area (Å²) in [6.07, 6.45) is 0. The SMILES string of the molecule is Nc1ccc(F)c(-c2nnnn2-c2ccccc2)c1. The molecule has 94 valence electrons. The van der Waals surface area contributed by atoms with Crippen molar-refractivity contribution in [2.24, 2.45) is 0 Å². The van der Waals surface area contributed by atoms with Crippen LogP contribution in [0.15, 0.2) is 48.5 Å². The third kappa shape index (κ3) is 2.03. The van der Waals surface area contributed by atoms with Crippen molar-refractivity contribution in [2.75, 3.05) is 5.73 Å². The van der Waals surface area contributed by atoms with Crippen LogP contribution in [0.3, 0.4) is 0 Å². The van der Waals surface area contributed by atoms with Crippen molar-refractivity contribution >= 4 is 5.69 Å². The zero-order chi connectivity index (χ0) is 13.2. The molecular weight excluding hydrogens is 245 g/mol. The fourth-order valence-corrected chi connectivity index (χ4v) is 1.81. The number of tetrazole rings is 1. The molecule has 2 N–H and O–H groups in total. The number of nitrogens with zero attached hydrogens (tertiary/aromatic N) is 4. The third-order valence-corrected chi connectivity index (χ3v) is 2.70. The highest BCUT2D eigenvalue weighted by atomic mass is 19.1. The molecule has 0 spiro atoms. The molecule has 0 saturated carbocycles. The molecule has 3 rings (SSSR count). The summed E-state index contributed by atoms with van der Waals surface area (Å²) in [5.41, 5.74) is 7.16. The fourth-order valence-electron chi connectivity index (χ4n) is 1.81. The zero-order valence-corrected chi connectivity index (χ0v) is 9.86. The van der Waals surface area contributed by atoms with Crippen LogP contribution in [0.4, 0.5) is 10.1 Å². The van der Waals surface area contributed by atoms with E-state index < -0.39 is 5.82 Å². The monoisotopic (exact) mass is 255 g/mol. The van der Waals surface area contributed by atoms with Gasteiger partial charge in [0.05, 0.1) is 11.3 Å². The number of nitrogen functional groups attached to an aromatic ring is 1. The molecule has 0 bridgehead atoms. The van der Waals surface area contributed by atoms with Crippen molar-refractivity contribution in [3.63, 3.8) is 0 Å². The summed E-state index contributed by atoms with van der Waals surface area (Å²) >= 11 is 0. The maximum absolute atomic E-state index is 13.9. The third-order valence-electron chi connectivity index (χ3n) is 2.70. The lowest BCUT2D eigenvalue weighted by molar-refractivity contribution is 0.629. The lowest BCUT2D eigenvalue weighted by Gasteiger charge is -2.06. The van der Waals surface area contributed by atoms with Crippen molar-refractivity contribution < 1.29 is 4.39 Å². The molecule has 1 aromatic heterocycles. The number of halogens is 1. The molecule has 0 aliphatic heterocycles. The average molecular weight is 255 g/mol. The summed E-state index contributed by atoms with van der Waals surface area (Å²) in [5.74, 6) is -0.0998. The van der Waals surface area contributed by atoms with Gasteiger partial charge in [0.2, 0.25) is 0 Å². The van der Waals surface area contributed by atoms with Gasteiger partial charge in [0.15, 0.2) is 5.82 Å². The Hall–Kier alpha value is -2.76. The Balaban J connectivity index is 2.18. The Kier molecular flexibility index (Phi) is 2.68. The van der Waals surface area contributed by atoms with Crippen LogP contribution < -0.4 is 5.73 Å². The van der Waals surface area contributed by atoms with Gasteiger partial charge in [-0.15, -0.1) is 5.10 Å². The molecule has 0 amide bonds. The molecule has 0 aliphatic rings. The van der Waals surface area contributed by atoms with Crippen molar-refractivity contribution in [2.45, 2.75) is 0 Å². The Morgan fingerprint density at radius 2 is 1.84 bits per heavy atom. The fraction of sp³-hybridized carbons (Fsp3) is 0. The molecule has 0 saturated heterocycles. The predicted octanol–water partition coefficient (Wildman–Crippen LogP) is 2.05. The molecule has 2 aromatic carbocycles. The van der Waals surface area contributed by atoms with Gasteiger partial charge in [-0.25, -0.2) is 4.39 Å². The standard InChI is InChI=1S/C13H10FN5/c14-12-7-6-9(15)8-11(12)13-16-17-18-19(13)10-4-2-1-3-5-10/h1-8H,15H2. The van der Waals surface area contributed by atoms with Gasteiger partial charge in [0.25, 0.3) is 0 Å². The molecule has 1 heterocycles. The smallest absolute Gasteiger partial charge is 0.190 e. The number of hydrogen-bond acceptors (Lipinski definition) is 4. The zero-order valence-electron chi connectivity index (χ0n) is 9.86. The predicted molar refractivity (Wildman–Crippen MR) is 69.0 cm³/mol. The number of anilines is 1. The van der Waals surface area contributed by atoms with E-state index in [9.17, 15) is 4.39 Å². The van der Waals surface area contributed by atoms with Gasteiger partial charge < -0.3 is 5.73 Å². The molecule has 5 nitrogen and oxygen atoms in total. The van der Waals surface area contributed by atoms with Crippen LogP contribution in [0.5, 0.6) is 0 Å². The van der Waals surface area contributed by atoms with Gasteiger partial charge in [0.1, 0.15) is 5.82 Å². The second-order valence-corrected chi connectivity index (χ2v) is 3.99. The number of rotatable bonds is 2. The van der Waals surface area contributed by atoms with Crippen LogP contribution >= 0.6 is 0 Å². The number of para-hydroxylation sites is 1. The van der Waals surface area contributed by atoms with Crippen molar-refractivity contribution in [1.29, 1.82) is 0 Å². The minimum Gasteiger partial charge on any atom is -0.399 e. The highest BCUT2D eigenvalue weighted by Gasteiger charge is 2.14. The largest absolute Gasteiger partial charge is 0.399 e. The van der Waals surface area contributed by atoms with E-state index in [1.54, 1.807) is 0 Å². The second kappa shape index (κ2) is 4.49. The molecule has 3 aromatic rings. The van der Waals surface area contributed by atoms with E-state index in [1.165, 1.54) is 22.9 Å². The molecular formula is C13H10FN5. The summed E-state index contributed by atoms with van der Waals surface area (Å²) in [7, 11) is 0. The summed E-state index contributed by atoms with van der Waals surface area (Å²) < 4.78 is 15.3. The van der Waals surface area contributed by atoms with Crippen molar-refractivity contribution in [1.82, 2.24) is 20.2 Å². The van der Waals surface area contributed by atoms with Crippen LogP contribution in [0, 0.1) is 5.82 Å². The molecule has 6 heteroatoms. The van der Waals surface area contributed by atoms with Gasteiger partial charge in [-0.1, -0.05) is 18.2 Å². The number of hydrogen-bond donors (Lipinski definition) is 1. The second-order valence-electron chi connectivity index (χ2n) is 3.99. The van der Waals surface area contributed by atoms with Gasteiger partial charge >= 0.3 is 0 Å². The first kappa shape index (κ1) is 11.3. The molecule has 19 heavy (non-hydrogen) atoms. The van der Waals surface area contributed by atoms with E-state index >= 15 is 0 Å². The minimum absolute atomic E-state index is 0.272. The van der Waals surface area contributed by atoms with Crippen LogP contribution in [0.1, 0.15) is 0 Å². The van der Waals surface area contributed by atoms with Crippen molar-refractivity contribution in [3.8, 4) is 17.1 Å². The molecule has 0 radical (unpaired) electrons. The van der Waals surface area contributed by atoms with E-state index in [-0.39, 0.29) is 5.56 Å². The Morgan fingerprint density at radius 1 is 1.05 bits per heavy atom. The van der Waals surface area contributed by atoms with Crippen LogP contribution in [-0.2, 0) is 0 Å². The van der Waals surface area contributed by atoms with E-state index in [2.05, 4.69) is 15.5 Å². The van der Waals surface area contributed by atoms with Gasteiger partial charge in [0, 0.05) is 5.69 Å². The van der Waals surface area contributed by atoms with E-state index in [1.807, 2.05) is 30.3 Å². The molecule has 0 aliphatic carbocycles. The summed E-state index contributed by atoms with van der Waals surface area (Å²) in [6.45, 7) is 0. The first-order chi connectivity index (χ1) is 9.25. The summed E-state index contributed by atoms with van der Waals surface area (Å²) in [4.78, 5) is 0. The minimum atomic E-state index is -0.416. The number of aromatic nitrogens is 4. The van der Waals surface area contributed by atoms with Gasteiger partial charge in [-0.3, -0.25) is 0 Å². The normalized spacial score (nSPS) is 10.6. The van der Waals surface area contributed by atoms with E-state index in [4.69, 9.17) is 5.73 Å². The quantitative estimate of drug-likeness (QED) is 0.711. The summed E-state index contributed by atoms with van der Waals surface area (Å²) in [6, 6.07) is 13.6. The first-order valence-corrected chi connectivity index (χ1v) is 5.65. The topological polar surface area (TPSA) is 69.6 Å². The number of nitrogens with two attached hydrogens (primary N) is 1. The maximum Gasteiger partial charge on any atom is 0.190 e. The highest BCUT2D eigenvalue weighted by Crippen LogP contribution is 2.24. The van der Waals surface area contributed by atoms with Crippen LogP contribution in [0.25, 0.3) is 17.1 Å². The summed E-state index contributed by atoms with van der Waals surface area (Å²) in [5, 5.41) is 11.4. The van der Waals surface area contributed by atoms with Gasteiger partial charge in [-0.2, -0.15) is 4.68 Å². The Bertz CT molecular complexity index is 708. The Morgan fingerprint density at radius 3 is 2.63 bits per heavy atom. The van der Waals surface area contributed by atoms with Crippen molar-refractivity contribution in [3.05, 3.63) is 54.3 Å². The molecule has 0 fully saturated rings. The maximum atomic E-state index is 13.9. The molecule has 0 atom stereocenters. The van der Waals surface area contributed by atoms with Gasteiger partial charge in [-0.05, 0) is 40.8 Å².